The molecule has 1 amide bonds. The lowest BCUT2D eigenvalue weighted by Crippen LogP contribution is -2.29. The molecule has 0 N–H and O–H groups in total. The van der Waals surface area contributed by atoms with E-state index in [-0.39, 0.29) is 5.91 Å². The Bertz CT molecular complexity index is 725. The Labute approximate surface area is 144 Å². The lowest BCUT2D eigenvalue weighted by Gasteiger charge is -2.19. The number of carbonyl (C=O) groups is 1. The quantitative estimate of drug-likeness (QED) is 0.813. The van der Waals surface area contributed by atoms with Crippen LogP contribution in [0.2, 0.25) is 0 Å². The van der Waals surface area contributed by atoms with E-state index in [0.29, 0.717) is 18.0 Å². The highest BCUT2D eigenvalue weighted by molar-refractivity contribution is 5.95. The molecule has 0 saturated carbocycles. The molecule has 4 heteroatoms. The van der Waals surface area contributed by atoms with Gasteiger partial charge in [0, 0.05) is 19.2 Å². The Balaban J connectivity index is 2.06. The average Bonchev–Trinajstić information content (AvgIpc) is 2.61. The lowest BCUT2D eigenvalue weighted by atomic mass is 10.0. The highest BCUT2D eigenvalue weighted by atomic mass is 16.5. The molecule has 0 saturated heterocycles. The van der Waals surface area contributed by atoms with E-state index in [1.165, 1.54) is 0 Å². The highest BCUT2D eigenvalue weighted by Crippen LogP contribution is 2.27. The summed E-state index contributed by atoms with van der Waals surface area (Å²) in [6, 6.07) is 11.7. The van der Waals surface area contributed by atoms with Crippen molar-refractivity contribution in [3.05, 3.63) is 58.7 Å². The fourth-order valence-corrected chi connectivity index (χ4v) is 2.62. The summed E-state index contributed by atoms with van der Waals surface area (Å²) in [5, 5.41) is 0. The number of likely N-dealkylation sites (N-methyl/N-ethyl adjacent to an activating group) is 1. The summed E-state index contributed by atoms with van der Waals surface area (Å²) in [6.45, 7) is 4.65. The first-order chi connectivity index (χ1) is 11.5. The van der Waals surface area contributed by atoms with E-state index in [1.807, 2.05) is 57.3 Å². The molecule has 0 aromatic heterocycles. The highest BCUT2D eigenvalue weighted by Gasteiger charge is 2.15. The molecule has 0 aliphatic carbocycles. The van der Waals surface area contributed by atoms with Gasteiger partial charge in [-0.1, -0.05) is 18.2 Å². The molecule has 2 aromatic rings. The molecule has 4 nitrogen and oxygen atoms in total. The van der Waals surface area contributed by atoms with Gasteiger partial charge in [0.25, 0.3) is 5.91 Å². The SMILES string of the molecule is COc1ccc(CCN(C)C(=O)c2cccc(C)c2C)cc1OC. The van der Waals surface area contributed by atoms with E-state index in [4.69, 9.17) is 9.47 Å². The number of benzene rings is 2. The maximum absolute atomic E-state index is 12.6. The van der Waals surface area contributed by atoms with Crippen LogP contribution in [0.15, 0.2) is 36.4 Å². The molecule has 0 atom stereocenters. The van der Waals surface area contributed by atoms with E-state index in [9.17, 15) is 4.79 Å². The van der Waals surface area contributed by atoms with Gasteiger partial charge >= 0.3 is 0 Å². The second kappa shape index (κ2) is 7.86. The summed E-state index contributed by atoms with van der Waals surface area (Å²) in [6.07, 6.45) is 0.757. The zero-order valence-electron chi connectivity index (χ0n) is 15.1. The second-order valence-corrected chi connectivity index (χ2v) is 5.91. The summed E-state index contributed by atoms with van der Waals surface area (Å²) in [5.41, 5.74) is 4.05. The van der Waals surface area contributed by atoms with Gasteiger partial charge in [-0.25, -0.2) is 0 Å². The molecular formula is C20H25NO3. The summed E-state index contributed by atoms with van der Waals surface area (Å²) < 4.78 is 10.6. The Morgan fingerprint density at radius 2 is 1.75 bits per heavy atom. The van der Waals surface area contributed by atoms with E-state index >= 15 is 0 Å². The number of ether oxygens (including phenoxy) is 2. The van der Waals surface area contributed by atoms with Crippen LogP contribution in [-0.4, -0.2) is 38.6 Å². The molecule has 2 aromatic carbocycles. The number of hydrogen-bond acceptors (Lipinski definition) is 3. The van der Waals surface area contributed by atoms with Gasteiger partial charge in [0.2, 0.25) is 0 Å². The minimum Gasteiger partial charge on any atom is -0.493 e. The molecule has 0 bridgehead atoms. The van der Waals surface area contributed by atoms with Crippen LogP contribution in [0.5, 0.6) is 11.5 Å². The number of amides is 1. The Morgan fingerprint density at radius 3 is 2.42 bits per heavy atom. The predicted molar refractivity (Wildman–Crippen MR) is 96.1 cm³/mol. The molecule has 0 heterocycles. The van der Waals surface area contributed by atoms with Crippen LogP contribution in [0, 0.1) is 13.8 Å². The third-order valence-electron chi connectivity index (χ3n) is 4.37. The van der Waals surface area contributed by atoms with Crippen molar-refractivity contribution in [3.63, 3.8) is 0 Å². The van der Waals surface area contributed by atoms with Crippen molar-refractivity contribution in [2.45, 2.75) is 20.3 Å². The summed E-state index contributed by atoms with van der Waals surface area (Å²) >= 11 is 0. The van der Waals surface area contributed by atoms with Crippen molar-refractivity contribution < 1.29 is 14.3 Å². The van der Waals surface area contributed by atoms with Crippen LogP contribution >= 0.6 is 0 Å². The third-order valence-corrected chi connectivity index (χ3v) is 4.37. The molecular weight excluding hydrogens is 302 g/mol. The summed E-state index contributed by atoms with van der Waals surface area (Å²) in [4.78, 5) is 14.4. The zero-order valence-corrected chi connectivity index (χ0v) is 15.1. The van der Waals surface area contributed by atoms with E-state index in [0.717, 1.165) is 28.7 Å². The minimum absolute atomic E-state index is 0.0525. The zero-order chi connectivity index (χ0) is 17.7. The van der Waals surface area contributed by atoms with Crippen molar-refractivity contribution in [1.29, 1.82) is 0 Å². The number of hydrogen-bond donors (Lipinski definition) is 0. The van der Waals surface area contributed by atoms with E-state index in [2.05, 4.69) is 0 Å². The average molecular weight is 327 g/mol. The van der Waals surface area contributed by atoms with Gasteiger partial charge in [0.05, 0.1) is 14.2 Å². The van der Waals surface area contributed by atoms with E-state index in [1.54, 1.807) is 19.1 Å². The third kappa shape index (κ3) is 3.88. The fourth-order valence-electron chi connectivity index (χ4n) is 2.62. The Hall–Kier alpha value is -2.49. The number of methoxy groups -OCH3 is 2. The molecule has 0 aliphatic rings. The topological polar surface area (TPSA) is 38.8 Å². The largest absolute Gasteiger partial charge is 0.493 e. The van der Waals surface area contributed by atoms with Crippen molar-refractivity contribution in [1.82, 2.24) is 4.90 Å². The molecule has 0 aliphatic heterocycles. The standard InChI is InChI=1S/C20H25NO3/c1-14-7-6-8-17(15(14)2)20(22)21(3)12-11-16-9-10-18(23-4)19(13-16)24-5/h6-10,13H,11-12H2,1-5H3. The van der Waals surface area contributed by atoms with Gasteiger partial charge in [-0.15, -0.1) is 0 Å². The van der Waals surface area contributed by atoms with Gasteiger partial charge in [0.1, 0.15) is 0 Å². The number of nitrogens with zero attached hydrogens (tertiary/aromatic N) is 1. The summed E-state index contributed by atoms with van der Waals surface area (Å²) in [7, 11) is 5.08. The number of carbonyl (C=O) groups excluding carboxylic acids is 1. The van der Waals surface area contributed by atoms with Gasteiger partial charge in [0.15, 0.2) is 11.5 Å². The first kappa shape index (κ1) is 17.9. The van der Waals surface area contributed by atoms with Crippen LogP contribution in [0.25, 0.3) is 0 Å². The number of aryl methyl sites for hydroxylation is 1. The Morgan fingerprint density at radius 1 is 1.04 bits per heavy atom. The van der Waals surface area contributed by atoms with Crippen LogP contribution in [0.3, 0.4) is 0 Å². The van der Waals surface area contributed by atoms with Crippen molar-refractivity contribution >= 4 is 5.91 Å². The molecule has 0 unspecified atom stereocenters. The molecule has 2 rings (SSSR count). The molecule has 24 heavy (non-hydrogen) atoms. The van der Waals surface area contributed by atoms with Crippen LogP contribution < -0.4 is 9.47 Å². The maximum Gasteiger partial charge on any atom is 0.253 e. The molecule has 128 valence electrons. The second-order valence-electron chi connectivity index (χ2n) is 5.91. The molecule has 0 radical (unpaired) electrons. The van der Waals surface area contributed by atoms with Crippen LogP contribution in [0.4, 0.5) is 0 Å². The lowest BCUT2D eigenvalue weighted by molar-refractivity contribution is 0.0796. The minimum atomic E-state index is 0.0525. The Kier molecular flexibility index (Phi) is 5.85. The van der Waals surface area contributed by atoms with Crippen molar-refractivity contribution in [2.24, 2.45) is 0 Å². The smallest absolute Gasteiger partial charge is 0.253 e. The monoisotopic (exact) mass is 327 g/mol. The van der Waals surface area contributed by atoms with Gasteiger partial charge in [-0.2, -0.15) is 0 Å². The normalized spacial score (nSPS) is 10.4. The first-order valence-electron chi connectivity index (χ1n) is 8.00. The van der Waals surface area contributed by atoms with E-state index < -0.39 is 0 Å². The van der Waals surface area contributed by atoms with Gasteiger partial charge in [-0.05, 0) is 55.2 Å². The fraction of sp³-hybridized carbons (Fsp3) is 0.350. The van der Waals surface area contributed by atoms with Crippen molar-refractivity contribution in [3.8, 4) is 11.5 Å². The van der Waals surface area contributed by atoms with Crippen LogP contribution in [0.1, 0.15) is 27.0 Å². The predicted octanol–water partition coefficient (Wildman–Crippen LogP) is 3.64. The van der Waals surface area contributed by atoms with Crippen molar-refractivity contribution in [2.75, 3.05) is 27.8 Å². The first-order valence-corrected chi connectivity index (χ1v) is 8.00. The van der Waals surface area contributed by atoms with Gasteiger partial charge in [-0.3, -0.25) is 4.79 Å². The summed E-state index contributed by atoms with van der Waals surface area (Å²) in [5.74, 6) is 1.47. The maximum atomic E-state index is 12.6. The number of rotatable bonds is 6. The molecule has 0 spiro atoms. The molecule has 0 fully saturated rings. The van der Waals surface area contributed by atoms with Gasteiger partial charge < -0.3 is 14.4 Å². The van der Waals surface area contributed by atoms with Crippen LogP contribution in [-0.2, 0) is 6.42 Å².